The number of sulfonamides is 1. The number of methoxy groups -OCH3 is 1. The van der Waals surface area contributed by atoms with Crippen molar-refractivity contribution in [3.8, 4) is 5.75 Å². The van der Waals surface area contributed by atoms with E-state index in [0.29, 0.717) is 17.0 Å². The highest BCUT2D eigenvalue weighted by Gasteiger charge is 2.32. The third kappa shape index (κ3) is 6.48. The number of nitrogens with zero attached hydrogens (tertiary/aromatic N) is 2. The number of hydrogen-bond acceptors (Lipinski definition) is 5. The van der Waals surface area contributed by atoms with E-state index in [4.69, 9.17) is 4.74 Å². The number of likely N-dealkylation sites (N-methyl/N-ethyl adjacent to an activating group) is 1. The molecule has 0 aromatic heterocycles. The van der Waals surface area contributed by atoms with Gasteiger partial charge in [-0.05, 0) is 67.8 Å². The van der Waals surface area contributed by atoms with E-state index >= 15 is 0 Å². The molecular weight excluding hydrogens is 490 g/mol. The summed E-state index contributed by atoms with van der Waals surface area (Å²) in [6.07, 6.45) is 0. The number of nitrogens with one attached hydrogen (secondary N) is 1. The normalized spacial score (nSPS) is 11.9. The Morgan fingerprint density at radius 2 is 1.62 bits per heavy atom. The van der Waals surface area contributed by atoms with E-state index in [1.807, 2.05) is 19.1 Å². The van der Waals surface area contributed by atoms with Crippen LogP contribution >= 0.6 is 0 Å². The van der Waals surface area contributed by atoms with E-state index in [1.165, 1.54) is 24.1 Å². The maximum absolute atomic E-state index is 13.8. The summed E-state index contributed by atoms with van der Waals surface area (Å²) in [6, 6.07) is 19.8. The zero-order valence-corrected chi connectivity index (χ0v) is 22.6. The van der Waals surface area contributed by atoms with Crippen LogP contribution in [0.1, 0.15) is 23.6 Å². The van der Waals surface area contributed by atoms with Crippen LogP contribution in [0.4, 0.5) is 5.69 Å². The molecule has 3 rings (SSSR count). The number of amides is 2. The predicted molar refractivity (Wildman–Crippen MR) is 144 cm³/mol. The van der Waals surface area contributed by atoms with Crippen molar-refractivity contribution in [1.29, 1.82) is 0 Å². The smallest absolute Gasteiger partial charge is 0.264 e. The number of hydrogen-bond donors (Lipinski definition) is 1. The Labute approximate surface area is 218 Å². The highest BCUT2D eigenvalue weighted by Crippen LogP contribution is 2.28. The van der Waals surface area contributed by atoms with Gasteiger partial charge in [-0.25, -0.2) is 8.42 Å². The van der Waals surface area contributed by atoms with Gasteiger partial charge in [-0.1, -0.05) is 42.5 Å². The number of carbonyl (C=O) groups excluding carboxylic acids is 2. The second kappa shape index (κ2) is 11.9. The first-order valence-electron chi connectivity index (χ1n) is 11.9. The maximum atomic E-state index is 13.8. The van der Waals surface area contributed by atoms with Gasteiger partial charge in [0.25, 0.3) is 10.0 Å². The fraction of sp³-hybridized carbons (Fsp3) is 0.286. The Hall–Kier alpha value is -3.85. The minimum absolute atomic E-state index is 0.0739. The van der Waals surface area contributed by atoms with E-state index in [1.54, 1.807) is 69.5 Å². The Morgan fingerprint density at radius 1 is 0.973 bits per heavy atom. The molecule has 0 spiro atoms. The number of aryl methyl sites for hydroxylation is 2. The van der Waals surface area contributed by atoms with Crippen LogP contribution in [0.15, 0.2) is 77.7 Å². The average molecular weight is 524 g/mol. The van der Waals surface area contributed by atoms with Crippen molar-refractivity contribution in [3.63, 3.8) is 0 Å². The second-order valence-electron chi connectivity index (χ2n) is 8.77. The first kappa shape index (κ1) is 27.7. The summed E-state index contributed by atoms with van der Waals surface area (Å²) < 4.78 is 33.9. The predicted octanol–water partition coefficient (Wildman–Crippen LogP) is 3.67. The minimum Gasteiger partial charge on any atom is -0.497 e. The highest BCUT2D eigenvalue weighted by molar-refractivity contribution is 7.92. The van der Waals surface area contributed by atoms with Gasteiger partial charge in [-0.3, -0.25) is 13.9 Å². The topological polar surface area (TPSA) is 96.0 Å². The fourth-order valence-corrected chi connectivity index (χ4v) is 5.43. The molecule has 0 saturated carbocycles. The summed E-state index contributed by atoms with van der Waals surface area (Å²) in [5.41, 5.74) is 2.75. The lowest BCUT2D eigenvalue weighted by molar-refractivity contribution is -0.139. The quantitative estimate of drug-likeness (QED) is 0.438. The van der Waals surface area contributed by atoms with Crippen LogP contribution in [0.2, 0.25) is 0 Å². The van der Waals surface area contributed by atoms with Crippen molar-refractivity contribution in [2.75, 3.05) is 25.0 Å². The number of benzene rings is 3. The molecule has 9 heteroatoms. The first-order valence-corrected chi connectivity index (χ1v) is 13.3. The molecule has 0 aliphatic heterocycles. The van der Waals surface area contributed by atoms with Crippen molar-refractivity contribution in [2.24, 2.45) is 0 Å². The zero-order valence-electron chi connectivity index (χ0n) is 21.8. The lowest BCUT2D eigenvalue weighted by Gasteiger charge is -2.32. The van der Waals surface area contributed by atoms with Crippen LogP contribution in [0.3, 0.4) is 0 Å². The fourth-order valence-electron chi connectivity index (χ4n) is 3.94. The molecule has 2 amide bonds. The van der Waals surface area contributed by atoms with Crippen LogP contribution in [0.5, 0.6) is 5.75 Å². The van der Waals surface area contributed by atoms with Gasteiger partial charge in [-0.2, -0.15) is 0 Å². The molecule has 0 bridgehead atoms. The number of carbonyl (C=O) groups is 2. The van der Waals surface area contributed by atoms with Crippen LogP contribution in [-0.4, -0.2) is 51.9 Å². The first-order chi connectivity index (χ1) is 17.6. The van der Waals surface area contributed by atoms with Crippen molar-refractivity contribution in [3.05, 3.63) is 89.5 Å². The van der Waals surface area contributed by atoms with Gasteiger partial charge in [0.2, 0.25) is 11.8 Å². The van der Waals surface area contributed by atoms with E-state index < -0.39 is 28.5 Å². The molecular formula is C28H33N3O5S. The minimum atomic E-state index is -4.09. The van der Waals surface area contributed by atoms with Gasteiger partial charge < -0.3 is 15.0 Å². The van der Waals surface area contributed by atoms with Crippen molar-refractivity contribution in [1.82, 2.24) is 10.2 Å². The van der Waals surface area contributed by atoms with Gasteiger partial charge in [-0.15, -0.1) is 0 Å². The molecule has 0 heterocycles. The average Bonchev–Trinajstić information content (AvgIpc) is 2.91. The van der Waals surface area contributed by atoms with E-state index in [9.17, 15) is 18.0 Å². The molecule has 3 aromatic carbocycles. The van der Waals surface area contributed by atoms with Gasteiger partial charge in [0.1, 0.15) is 18.3 Å². The molecule has 1 N–H and O–H groups in total. The van der Waals surface area contributed by atoms with Gasteiger partial charge in [0.15, 0.2) is 0 Å². The van der Waals surface area contributed by atoms with Crippen molar-refractivity contribution in [2.45, 2.75) is 38.3 Å². The van der Waals surface area contributed by atoms with Crippen LogP contribution in [-0.2, 0) is 26.2 Å². The monoisotopic (exact) mass is 523 g/mol. The molecule has 37 heavy (non-hydrogen) atoms. The maximum Gasteiger partial charge on any atom is 0.264 e. The van der Waals surface area contributed by atoms with Crippen LogP contribution in [0.25, 0.3) is 0 Å². The summed E-state index contributed by atoms with van der Waals surface area (Å²) in [5.74, 6) is -0.200. The molecule has 1 atom stereocenters. The number of ether oxygens (including phenoxy) is 1. The molecule has 0 aliphatic rings. The molecule has 0 fully saturated rings. The lowest BCUT2D eigenvalue weighted by atomic mass is 10.1. The van der Waals surface area contributed by atoms with Gasteiger partial charge >= 0.3 is 0 Å². The van der Waals surface area contributed by atoms with Gasteiger partial charge in [0.05, 0.1) is 17.7 Å². The molecule has 3 aromatic rings. The molecule has 196 valence electrons. The third-order valence-corrected chi connectivity index (χ3v) is 7.94. The number of rotatable bonds is 10. The van der Waals surface area contributed by atoms with E-state index in [2.05, 4.69) is 5.32 Å². The molecule has 8 nitrogen and oxygen atoms in total. The molecule has 0 radical (unpaired) electrons. The van der Waals surface area contributed by atoms with Crippen molar-refractivity contribution >= 4 is 27.5 Å². The van der Waals surface area contributed by atoms with Crippen LogP contribution in [0, 0.1) is 13.8 Å². The Morgan fingerprint density at radius 3 is 2.22 bits per heavy atom. The molecule has 0 aliphatic carbocycles. The Balaban J connectivity index is 2.05. The van der Waals surface area contributed by atoms with Crippen molar-refractivity contribution < 1.29 is 22.7 Å². The van der Waals surface area contributed by atoms with E-state index in [-0.39, 0.29) is 17.3 Å². The summed E-state index contributed by atoms with van der Waals surface area (Å²) in [5, 5.41) is 2.58. The highest BCUT2D eigenvalue weighted by atomic mass is 32.2. The molecule has 1 unspecified atom stereocenters. The summed E-state index contributed by atoms with van der Waals surface area (Å²) in [4.78, 5) is 27.8. The lowest BCUT2D eigenvalue weighted by Crippen LogP contribution is -2.50. The van der Waals surface area contributed by atoms with Gasteiger partial charge in [0, 0.05) is 13.6 Å². The SMILES string of the molecule is CNC(=O)C(C)N(Cc1ccc(OC)cc1)C(=O)CN(c1cc(C)ccc1C)S(=O)(=O)c1ccccc1. The Bertz CT molecular complexity index is 1340. The Kier molecular flexibility index (Phi) is 8.94. The third-order valence-electron chi connectivity index (χ3n) is 6.17. The summed E-state index contributed by atoms with van der Waals surface area (Å²) in [7, 11) is -1.03. The summed E-state index contributed by atoms with van der Waals surface area (Å²) >= 11 is 0. The standard InChI is InChI=1S/C28H33N3O5S/c1-20-11-12-21(2)26(17-20)31(37(34,35)25-9-7-6-8-10-25)19-27(32)30(22(3)28(33)29-4)18-23-13-15-24(36-5)16-14-23/h6-17,22H,18-19H2,1-5H3,(H,29,33). The second-order valence-corrected chi connectivity index (χ2v) is 10.6. The van der Waals surface area contributed by atoms with E-state index in [0.717, 1.165) is 15.4 Å². The molecule has 0 saturated heterocycles. The number of anilines is 1. The van der Waals surface area contributed by atoms with Crippen LogP contribution < -0.4 is 14.4 Å². The largest absolute Gasteiger partial charge is 0.497 e. The summed E-state index contributed by atoms with van der Waals surface area (Å²) in [6.45, 7) is 4.92. The zero-order chi connectivity index (χ0) is 27.2.